The number of nitrogens with zero attached hydrogens (tertiary/aromatic N) is 1. The number of benzene rings is 1. The minimum absolute atomic E-state index is 0.0618. The van der Waals surface area contributed by atoms with Crippen LogP contribution in [0.5, 0.6) is 0 Å². The molecule has 0 spiro atoms. The summed E-state index contributed by atoms with van der Waals surface area (Å²) in [7, 11) is -2.51. The molecule has 110 valence electrons. The van der Waals surface area contributed by atoms with Crippen LogP contribution in [-0.4, -0.2) is 38.9 Å². The van der Waals surface area contributed by atoms with Crippen LogP contribution < -0.4 is 5.73 Å². The number of anilines is 1. The number of nitrogens with two attached hydrogens (primary N) is 1. The number of nitrogen functional groups attached to an aromatic ring is 1. The van der Waals surface area contributed by atoms with Crippen molar-refractivity contribution in [3.63, 3.8) is 0 Å². The van der Waals surface area contributed by atoms with Crippen molar-refractivity contribution in [1.82, 2.24) is 4.31 Å². The molecule has 1 fully saturated rings. The second-order valence-corrected chi connectivity index (χ2v) is 6.49. The first-order valence-electron chi connectivity index (χ1n) is 5.99. The van der Waals surface area contributed by atoms with Crippen LogP contribution >= 0.6 is 0 Å². The van der Waals surface area contributed by atoms with E-state index in [4.69, 9.17) is 5.73 Å². The number of halogens is 1. The summed E-state index contributed by atoms with van der Waals surface area (Å²) < 4.78 is 43.6. The summed E-state index contributed by atoms with van der Waals surface area (Å²) in [4.78, 5) is 11.3. The Hall–Kier alpha value is -1.67. The van der Waals surface area contributed by atoms with Gasteiger partial charge in [-0.1, -0.05) is 0 Å². The molecule has 1 saturated heterocycles. The summed E-state index contributed by atoms with van der Waals surface area (Å²) in [6.07, 6.45) is 0.405. The maximum Gasteiger partial charge on any atom is 0.310 e. The highest BCUT2D eigenvalue weighted by molar-refractivity contribution is 7.89. The monoisotopic (exact) mass is 302 g/mol. The van der Waals surface area contributed by atoms with Crippen LogP contribution in [0.4, 0.5) is 10.1 Å². The molecule has 0 aliphatic carbocycles. The van der Waals surface area contributed by atoms with Gasteiger partial charge in [0.1, 0.15) is 5.82 Å². The smallest absolute Gasteiger partial charge is 0.310 e. The van der Waals surface area contributed by atoms with Gasteiger partial charge in [0, 0.05) is 13.1 Å². The van der Waals surface area contributed by atoms with E-state index in [9.17, 15) is 17.6 Å². The number of methoxy groups -OCH3 is 1. The lowest BCUT2D eigenvalue weighted by Crippen LogP contribution is -2.30. The van der Waals surface area contributed by atoms with Gasteiger partial charge in [0.25, 0.3) is 0 Å². The Morgan fingerprint density at radius 1 is 1.50 bits per heavy atom. The van der Waals surface area contributed by atoms with Crippen LogP contribution in [0, 0.1) is 11.7 Å². The lowest BCUT2D eigenvalue weighted by Gasteiger charge is -2.16. The quantitative estimate of drug-likeness (QED) is 0.652. The maximum atomic E-state index is 13.1. The predicted molar refractivity (Wildman–Crippen MR) is 69.7 cm³/mol. The summed E-state index contributed by atoms with van der Waals surface area (Å²) in [5.41, 5.74) is 5.15. The summed E-state index contributed by atoms with van der Waals surface area (Å²) in [5.74, 6) is -1.56. The first-order chi connectivity index (χ1) is 9.36. The van der Waals surface area contributed by atoms with Crippen LogP contribution in [0.25, 0.3) is 0 Å². The van der Waals surface area contributed by atoms with E-state index in [0.717, 1.165) is 18.2 Å². The normalized spacial score (nSPS) is 20.0. The number of sulfonamides is 1. The van der Waals surface area contributed by atoms with Crippen molar-refractivity contribution >= 4 is 21.7 Å². The fraction of sp³-hybridized carbons (Fsp3) is 0.417. The maximum absolute atomic E-state index is 13.1. The van der Waals surface area contributed by atoms with Crippen molar-refractivity contribution in [2.75, 3.05) is 25.9 Å². The van der Waals surface area contributed by atoms with Crippen molar-refractivity contribution in [1.29, 1.82) is 0 Å². The Morgan fingerprint density at radius 3 is 2.80 bits per heavy atom. The fourth-order valence-corrected chi connectivity index (χ4v) is 3.67. The van der Waals surface area contributed by atoms with Gasteiger partial charge in [-0.05, 0) is 24.6 Å². The van der Waals surface area contributed by atoms with E-state index < -0.39 is 27.7 Å². The molecule has 0 saturated carbocycles. The van der Waals surface area contributed by atoms with Gasteiger partial charge >= 0.3 is 5.97 Å². The van der Waals surface area contributed by atoms with Gasteiger partial charge in [0.15, 0.2) is 0 Å². The molecule has 1 aliphatic rings. The molecule has 8 heteroatoms. The Labute approximate surface area is 116 Å². The topological polar surface area (TPSA) is 89.7 Å². The van der Waals surface area contributed by atoms with Gasteiger partial charge < -0.3 is 10.5 Å². The molecule has 1 atom stereocenters. The summed E-state index contributed by atoms with van der Waals surface area (Å²) in [6.45, 7) is 0.283. The number of hydrogen-bond donors (Lipinski definition) is 1. The first kappa shape index (κ1) is 14.7. The molecule has 1 aromatic carbocycles. The Bertz CT molecular complexity index is 632. The van der Waals surface area contributed by atoms with E-state index in [2.05, 4.69) is 4.74 Å². The van der Waals surface area contributed by atoms with E-state index in [0.29, 0.717) is 6.42 Å². The van der Waals surface area contributed by atoms with Gasteiger partial charge in [0.05, 0.1) is 23.6 Å². The average Bonchev–Trinajstić information content (AvgIpc) is 2.91. The van der Waals surface area contributed by atoms with Gasteiger partial charge in [0.2, 0.25) is 10.0 Å². The van der Waals surface area contributed by atoms with Crippen molar-refractivity contribution in [3.05, 3.63) is 24.0 Å². The Balaban J connectivity index is 2.23. The Kier molecular flexibility index (Phi) is 3.96. The van der Waals surface area contributed by atoms with Crippen molar-refractivity contribution in [3.8, 4) is 0 Å². The van der Waals surface area contributed by atoms with Gasteiger partial charge in [-0.25, -0.2) is 12.8 Å². The standard InChI is InChI=1S/C12H15FN2O4S/c1-19-12(16)8-4-5-15(7-8)20(17,18)9-2-3-10(13)11(14)6-9/h2-3,6,8H,4-5,7,14H2,1H3. The molecule has 1 unspecified atom stereocenters. The van der Waals surface area contributed by atoms with Crippen LogP contribution in [0.1, 0.15) is 6.42 Å². The summed E-state index contributed by atoms with van der Waals surface area (Å²) in [6, 6.07) is 3.25. The van der Waals surface area contributed by atoms with Crippen molar-refractivity contribution in [2.45, 2.75) is 11.3 Å². The molecule has 2 N–H and O–H groups in total. The molecule has 0 amide bonds. The second-order valence-electron chi connectivity index (χ2n) is 4.56. The zero-order chi connectivity index (χ0) is 14.9. The molecule has 0 radical (unpaired) electrons. The van der Waals surface area contributed by atoms with Crippen LogP contribution in [0.15, 0.2) is 23.1 Å². The van der Waals surface area contributed by atoms with Crippen LogP contribution in [0.3, 0.4) is 0 Å². The van der Waals surface area contributed by atoms with E-state index in [1.165, 1.54) is 11.4 Å². The van der Waals surface area contributed by atoms with E-state index in [-0.39, 0.29) is 23.7 Å². The van der Waals surface area contributed by atoms with E-state index >= 15 is 0 Å². The van der Waals surface area contributed by atoms with Gasteiger partial charge in [-0.15, -0.1) is 0 Å². The number of hydrogen-bond acceptors (Lipinski definition) is 5. The molecule has 6 nitrogen and oxygen atoms in total. The number of carbonyl (C=O) groups is 1. The molecular formula is C12H15FN2O4S. The highest BCUT2D eigenvalue weighted by atomic mass is 32.2. The van der Waals surface area contributed by atoms with Crippen molar-refractivity contribution in [2.24, 2.45) is 5.92 Å². The number of esters is 1. The lowest BCUT2D eigenvalue weighted by molar-refractivity contribution is -0.144. The molecule has 0 bridgehead atoms. The van der Waals surface area contributed by atoms with Gasteiger partial charge in [-0.2, -0.15) is 4.31 Å². The summed E-state index contributed by atoms with van der Waals surface area (Å²) in [5, 5.41) is 0. The fourth-order valence-electron chi connectivity index (χ4n) is 2.14. The second kappa shape index (κ2) is 5.37. The highest BCUT2D eigenvalue weighted by Gasteiger charge is 2.36. The molecular weight excluding hydrogens is 287 g/mol. The molecule has 2 rings (SSSR count). The highest BCUT2D eigenvalue weighted by Crippen LogP contribution is 2.26. The molecule has 1 aromatic rings. The minimum Gasteiger partial charge on any atom is -0.469 e. The SMILES string of the molecule is COC(=O)C1CCN(S(=O)(=O)c2ccc(F)c(N)c2)C1. The predicted octanol–water partition coefficient (Wildman–Crippen LogP) is 0.591. The molecule has 0 aromatic heterocycles. The zero-order valence-corrected chi connectivity index (χ0v) is 11.7. The van der Waals surface area contributed by atoms with Crippen LogP contribution in [0.2, 0.25) is 0 Å². The number of carbonyl (C=O) groups excluding carboxylic acids is 1. The average molecular weight is 302 g/mol. The zero-order valence-electron chi connectivity index (χ0n) is 10.9. The molecule has 20 heavy (non-hydrogen) atoms. The molecule has 1 heterocycles. The largest absolute Gasteiger partial charge is 0.469 e. The third kappa shape index (κ3) is 2.61. The van der Waals surface area contributed by atoms with Crippen molar-refractivity contribution < 1.29 is 22.3 Å². The first-order valence-corrected chi connectivity index (χ1v) is 7.43. The third-order valence-corrected chi connectivity index (χ3v) is 5.15. The lowest BCUT2D eigenvalue weighted by atomic mass is 10.1. The number of rotatable bonds is 3. The minimum atomic E-state index is -3.77. The summed E-state index contributed by atoms with van der Waals surface area (Å²) >= 11 is 0. The number of ether oxygens (including phenoxy) is 1. The molecule has 1 aliphatic heterocycles. The van der Waals surface area contributed by atoms with E-state index in [1.54, 1.807) is 0 Å². The van der Waals surface area contributed by atoms with E-state index in [1.807, 2.05) is 0 Å². The third-order valence-electron chi connectivity index (χ3n) is 3.29. The Morgan fingerprint density at radius 2 is 2.20 bits per heavy atom. The van der Waals surface area contributed by atoms with Crippen LogP contribution in [-0.2, 0) is 19.6 Å². The van der Waals surface area contributed by atoms with Gasteiger partial charge in [-0.3, -0.25) is 4.79 Å².